The van der Waals surface area contributed by atoms with Gasteiger partial charge in [-0.3, -0.25) is 0 Å². The van der Waals surface area contributed by atoms with Gasteiger partial charge in [0.25, 0.3) is 0 Å². The largest absolute Gasteiger partial charge is 0.389 e. The highest BCUT2D eigenvalue weighted by Gasteiger charge is 2.21. The van der Waals surface area contributed by atoms with E-state index in [4.69, 9.17) is 11.0 Å². The highest BCUT2D eigenvalue weighted by Crippen LogP contribution is 2.21. The van der Waals surface area contributed by atoms with Gasteiger partial charge >= 0.3 is 0 Å². The molecule has 0 spiro atoms. The molecule has 0 saturated carbocycles. The summed E-state index contributed by atoms with van der Waals surface area (Å²) in [6.45, 7) is 1.75. The number of anilines is 1. The number of nitriles is 1. The number of aliphatic hydroxyl groups is 2. The molecule has 0 aliphatic heterocycles. The van der Waals surface area contributed by atoms with Crippen LogP contribution in [0.3, 0.4) is 0 Å². The van der Waals surface area contributed by atoms with E-state index in [1.807, 2.05) is 0 Å². The molecule has 1 rings (SSSR count). The molecule has 80 valence electrons. The molecule has 1 aromatic rings. The second-order valence-electron chi connectivity index (χ2n) is 3.31. The first-order chi connectivity index (χ1) is 7.06. The molecular weight excluding hydrogens is 194 g/mol. The van der Waals surface area contributed by atoms with E-state index in [-0.39, 0.29) is 12.2 Å². The van der Waals surface area contributed by atoms with Crippen molar-refractivity contribution in [1.29, 1.82) is 5.26 Å². The standard InChI is InChI=1S/C10H13N3O2/c1-6-2-3-8(12)13-9(6)10(15)7(14)4-5-11/h2-3,7,10,14-15H,4H2,1H3,(H2,12,13). The number of aromatic nitrogens is 1. The third-order valence-corrected chi connectivity index (χ3v) is 2.10. The van der Waals surface area contributed by atoms with Gasteiger partial charge in [-0.2, -0.15) is 5.26 Å². The van der Waals surface area contributed by atoms with E-state index in [0.29, 0.717) is 5.69 Å². The normalized spacial score (nSPS) is 14.3. The fourth-order valence-electron chi connectivity index (χ4n) is 1.25. The third kappa shape index (κ3) is 2.65. The van der Waals surface area contributed by atoms with Gasteiger partial charge in [0.15, 0.2) is 0 Å². The van der Waals surface area contributed by atoms with Crippen LogP contribution in [0.4, 0.5) is 5.82 Å². The van der Waals surface area contributed by atoms with E-state index in [1.54, 1.807) is 25.1 Å². The predicted molar refractivity (Wildman–Crippen MR) is 54.6 cm³/mol. The maximum absolute atomic E-state index is 9.71. The molecule has 4 N–H and O–H groups in total. The second-order valence-corrected chi connectivity index (χ2v) is 3.31. The van der Waals surface area contributed by atoms with E-state index in [0.717, 1.165) is 5.56 Å². The van der Waals surface area contributed by atoms with Gasteiger partial charge in [0.2, 0.25) is 0 Å². The zero-order valence-corrected chi connectivity index (χ0v) is 8.38. The summed E-state index contributed by atoms with van der Waals surface area (Å²) in [6.07, 6.45) is -2.45. The average Bonchev–Trinajstić information content (AvgIpc) is 2.21. The summed E-state index contributed by atoms with van der Waals surface area (Å²) in [5, 5.41) is 27.5. The molecule has 0 saturated heterocycles. The molecule has 0 aliphatic rings. The minimum Gasteiger partial charge on any atom is -0.389 e. The van der Waals surface area contributed by atoms with Crippen LogP contribution in [0, 0.1) is 18.3 Å². The number of nitrogen functional groups attached to an aromatic ring is 1. The second kappa shape index (κ2) is 4.73. The fraction of sp³-hybridized carbons (Fsp3) is 0.400. The van der Waals surface area contributed by atoms with Crippen molar-refractivity contribution < 1.29 is 10.2 Å². The summed E-state index contributed by atoms with van der Waals surface area (Å²) in [5.74, 6) is 0.277. The predicted octanol–water partition coefficient (Wildman–Crippen LogP) is 0.280. The van der Waals surface area contributed by atoms with Crippen LogP contribution in [0.15, 0.2) is 12.1 Å². The Labute approximate surface area is 87.8 Å². The first-order valence-corrected chi connectivity index (χ1v) is 4.52. The third-order valence-electron chi connectivity index (χ3n) is 2.10. The average molecular weight is 207 g/mol. The molecule has 0 amide bonds. The molecule has 0 fully saturated rings. The van der Waals surface area contributed by atoms with Crippen molar-refractivity contribution in [2.75, 3.05) is 5.73 Å². The number of rotatable bonds is 3. The highest BCUT2D eigenvalue weighted by molar-refractivity contribution is 5.34. The van der Waals surface area contributed by atoms with Gasteiger partial charge in [0, 0.05) is 0 Å². The Balaban J connectivity index is 2.95. The fourth-order valence-corrected chi connectivity index (χ4v) is 1.25. The lowest BCUT2D eigenvalue weighted by Crippen LogP contribution is -2.20. The number of aryl methyl sites for hydroxylation is 1. The first kappa shape index (κ1) is 11.4. The van der Waals surface area contributed by atoms with Crippen molar-refractivity contribution in [1.82, 2.24) is 4.98 Å². The summed E-state index contributed by atoms with van der Waals surface area (Å²) in [7, 11) is 0. The lowest BCUT2D eigenvalue weighted by Gasteiger charge is -2.16. The van der Waals surface area contributed by atoms with Gasteiger partial charge in [0.1, 0.15) is 11.9 Å². The van der Waals surface area contributed by atoms with Crippen molar-refractivity contribution in [3.05, 3.63) is 23.4 Å². The van der Waals surface area contributed by atoms with E-state index >= 15 is 0 Å². The van der Waals surface area contributed by atoms with Crippen LogP contribution in [0.5, 0.6) is 0 Å². The molecule has 0 radical (unpaired) electrons. The Bertz CT molecular complexity index is 387. The molecule has 15 heavy (non-hydrogen) atoms. The Morgan fingerprint density at radius 1 is 1.53 bits per heavy atom. The van der Waals surface area contributed by atoms with Crippen molar-refractivity contribution in [3.63, 3.8) is 0 Å². The van der Waals surface area contributed by atoms with Gasteiger partial charge in [-0.1, -0.05) is 6.07 Å². The zero-order chi connectivity index (χ0) is 11.4. The van der Waals surface area contributed by atoms with Crippen LogP contribution in [0.2, 0.25) is 0 Å². The van der Waals surface area contributed by atoms with Crippen LogP contribution in [0.25, 0.3) is 0 Å². The maximum atomic E-state index is 9.71. The number of hydrogen-bond acceptors (Lipinski definition) is 5. The molecule has 5 nitrogen and oxygen atoms in total. The highest BCUT2D eigenvalue weighted by atomic mass is 16.3. The number of aliphatic hydroxyl groups excluding tert-OH is 2. The number of nitrogens with zero attached hydrogens (tertiary/aromatic N) is 2. The van der Waals surface area contributed by atoms with Gasteiger partial charge < -0.3 is 15.9 Å². The molecular formula is C10H13N3O2. The molecule has 2 atom stereocenters. The van der Waals surface area contributed by atoms with Crippen molar-refractivity contribution in [2.45, 2.75) is 25.6 Å². The van der Waals surface area contributed by atoms with Crippen LogP contribution >= 0.6 is 0 Å². The van der Waals surface area contributed by atoms with E-state index in [9.17, 15) is 10.2 Å². The number of nitrogens with two attached hydrogens (primary N) is 1. The van der Waals surface area contributed by atoms with Gasteiger partial charge in [0.05, 0.1) is 24.3 Å². The summed E-state index contributed by atoms with van der Waals surface area (Å²) in [4.78, 5) is 3.93. The smallest absolute Gasteiger partial charge is 0.123 e. The summed E-state index contributed by atoms with van der Waals surface area (Å²) in [6, 6.07) is 5.10. The molecule has 0 aliphatic carbocycles. The van der Waals surface area contributed by atoms with Gasteiger partial charge in [-0.25, -0.2) is 4.98 Å². The SMILES string of the molecule is Cc1ccc(N)nc1C(O)C(O)CC#N. The Morgan fingerprint density at radius 3 is 2.80 bits per heavy atom. The Kier molecular flexibility index (Phi) is 3.61. The molecule has 1 heterocycles. The van der Waals surface area contributed by atoms with E-state index in [2.05, 4.69) is 4.98 Å². The summed E-state index contributed by atoms with van der Waals surface area (Å²) in [5.41, 5.74) is 6.52. The van der Waals surface area contributed by atoms with Gasteiger partial charge in [-0.05, 0) is 18.6 Å². The van der Waals surface area contributed by atoms with Crippen molar-refractivity contribution in [2.24, 2.45) is 0 Å². The molecule has 2 unspecified atom stereocenters. The zero-order valence-electron chi connectivity index (χ0n) is 8.38. The molecule has 1 aromatic heterocycles. The van der Waals surface area contributed by atoms with Crippen LogP contribution in [0.1, 0.15) is 23.8 Å². The van der Waals surface area contributed by atoms with Crippen LogP contribution in [-0.4, -0.2) is 21.3 Å². The quantitative estimate of drug-likeness (QED) is 0.660. The molecule has 0 aromatic carbocycles. The van der Waals surface area contributed by atoms with Crippen molar-refractivity contribution in [3.8, 4) is 6.07 Å². The summed E-state index contributed by atoms with van der Waals surface area (Å²) < 4.78 is 0. The topological polar surface area (TPSA) is 103 Å². The number of hydrogen-bond donors (Lipinski definition) is 3. The first-order valence-electron chi connectivity index (χ1n) is 4.52. The van der Waals surface area contributed by atoms with E-state index in [1.165, 1.54) is 0 Å². The van der Waals surface area contributed by atoms with Crippen LogP contribution < -0.4 is 5.73 Å². The van der Waals surface area contributed by atoms with E-state index < -0.39 is 12.2 Å². The maximum Gasteiger partial charge on any atom is 0.123 e. The minimum absolute atomic E-state index is 0.142. The molecule has 5 heteroatoms. The minimum atomic E-state index is -1.17. The Morgan fingerprint density at radius 2 is 2.20 bits per heavy atom. The Hall–Kier alpha value is -1.64. The summed E-state index contributed by atoms with van der Waals surface area (Å²) >= 11 is 0. The lowest BCUT2D eigenvalue weighted by atomic mass is 10.0. The van der Waals surface area contributed by atoms with Crippen molar-refractivity contribution >= 4 is 5.82 Å². The van der Waals surface area contributed by atoms with Crippen LogP contribution in [-0.2, 0) is 0 Å². The number of pyridine rings is 1. The van der Waals surface area contributed by atoms with Gasteiger partial charge in [-0.15, -0.1) is 0 Å². The molecule has 0 bridgehead atoms. The monoisotopic (exact) mass is 207 g/mol. The lowest BCUT2D eigenvalue weighted by molar-refractivity contribution is 0.0187.